The smallest absolute Gasteiger partial charge is 0.305 e. The minimum atomic E-state index is -0.251. The van der Waals surface area contributed by atoms with E-state index in [4.69, 9.17) is 14.2 Å². The Morgan fingerprint density at radius 1 is 0.714 bits per heavy atom. The molecule has 168 valence electrons. The van der Waals surface area contributed by atoms with E-state index in [1.54, 1.807) is 0 Å². The highest BCUT2D eigenvalue weighted by Gasteiger charge is 2.11. The molecule has 5 heteroatoms. The summed E-state index contributed by atoms with van der Waals surface area (Å²) in [5.41, 5.74) is 0. The molecule has 0 atom stereocenters. The second-order valence-electron chi connectivity index (χ2n) is 7.51. The van der Waals surface area contributed by atoms with Crippen molar-refractivity contribution in [1.82, 2.24) is 0 Å². The van der Waals surface area contributed by atoms with Crippen LogP contribution in [0.3, 0.4) is 0 Å². The molecule has 0 aromatic carbocycles. The fourth-order valence-corrected chi connectivity index (χ4v) is 3.33. The van der Waals surface area contributed by atoms with Crippen LogP contribution < -0.4 is 0 Å². The molecule has 0 aromatic heterocycles. The van der Waals surface area contributed by atoms with Crippen molar-refractivity contribution in [2.24, 2.45) is 0 Å². The lowest BCUT2D eigenvalue weighted by Gasteiger charge is -2.19. The molecule has 0 unspecified atom stereocenters. The van der Waals surface area contributed by atoms with E-state index in [0.29, 0.717) is 19.4 Å². The van der Waals surface area contributed by atoms with Crippen molar-refractivity contribution in [2.45, 2.75) is 116 Å². The number of ether oxygens (including phenoxy) is 3. The Balaban J connectivity index is 3.94. The molecule has 28 heavy (non-hydrogen) atoms. The van der Waals surface area contributed by atoms with Crippen molar-refractivity contribution < 1.29 is 19.0 Å². The fraction of sp³-hybridized carbons (Fsp3) is 0.957. The van der Waals surface area contributed by atoms with Crippen LogP contribution in [0.2, 0.25) is 0 Å². The molecule has 0 saturated carbocycles. The van der Waals surface area contributed by atoms with Crippen molar-refractivity contribution in [3.05, 3.63) is 0 Å². The van der Waals surface area contributed by atoms with Gasteiger partial charge in [0.2, 0.25) is 0 Å². The molecule has 0 aliphatic carbocycles. The number of carbonyl (C=O) groups is 1. The Hall–Kier alpha value is -0.130. The van der Waals surface area contributed by atoms with E-state index in [2.05, 4.69) is 29.8 Å². The molecule has 0 amide bonds. The molecule has 0 bridgehead atoms. The number of halogens is 1. The van der Waals surface area contributed by atoms with Gasteiger partial charge < -0.3 is 14.2 Å². The summed E-state index contributed by atoms with van der Waals surface area (Å²) >= 11 is 3.41. The molecule has 0 fully saturated rings. The number of alkyl halides is 1. The first-order valence-electron chi connectivity index (χ1n) is 11.7. The van der Waals surface area contributed by atoms with E-state index < -0.39 is 0 Å². The molecule has 4 nitrogen and oxygen atoms in total. The minimum Gasteiger partial charge on any atom is -0.465 e. The average Bonchev–Trinajstić information content (AvgIpc) is 2.70. The highest BCUT2D eigenvalue weighted by Crippen LogP contribution is 2.10. The zero-order valence-electron chi connectivity index (χ0n) is 18.5. The molecule has 0 saturated heterocycles. The van der Waals surface area contributed by atoms with Gasteiger partial charge in [0.1, 0.15) is 0 Å². The van der Waals surface area contributed by atoms with E-state index in [1.807, 2.05) is 0 Å². The van der Waals surface area contributed by atoms with Crippen molar-refractivity contribution >= 4 is 21.9 Å². The summed E-state index contributed by atoms with van der Waals surface area (Å²) in [6.07, 6.45) is 16.2. The normalized spacial score (nSPS) is 11.3. The van der Waals surface area contributed by atoms with E-state index >= 15 is 0 Å². The Kier molecular flexibility index (Phi) is 23.0. The third kappa shape index (κ3) is 20.6. The third-order valence-corrected chi connectivity index (χ3v) is 5.30. The van der Waals surface area contributed by atoms with Gasteiger partial charge in [0.25, 0.3) is 0 Å². The number of hydrogen-bond acceptors (Lipinski definition) is 4. The molecule has 0 aliphatic heterocycles. The molecular formula is C23H45BrO4. The van der Waals surface area contributed by atoms with Gasteiger partial charge in [-0.05, 0) is 25.7 Å². The quantitative estimate of drug-likeness (QED) is 0.0736. The van der Waals surface area contributed by atoms with E-state index in [0.717, 1.165) is 50.6 Å². The highest BCUT2D eigenvalue weighted by atomic mass is 79.9. The SMILES string of the molecule is CCCCCCCOC(CCOC(=O)CCCCCBr)OCCCCCCC. The third-order valence-electron chi connectivity index (χ3n) is 4.73. The summed E-state index contributed by atoms with van der Waals surface area (Å²) in [5.74, 6) is -0.104. The van der Waals surface area contributed by atoms with Crippen LogP contribution in [-0.2, 0) is 19.0 Å². The lowest BCUT2D eigenvalue weighted by molar-refractivity contribution is -0.161. The first-order chi connectivity index (χ1) is 13.7. The van der Waals surface area contributed by atoms with Crippen LogP contribution in [0, 0.1) is 0 Å². The number of rotatable bonds is 22. The number of esters is 1. The largest absolute Gasteiger partial charge is 0.465 e. The predicted octanol–water partition coefficient (Wildman–Crippen LogP) is 7.18. The van der Waals surface area contributed by atoms with Crippen molar-refractivity contribution in [3.63, 3.8) is 0 Å². The Labute approximate surface area is 182 Å². The van der Waals surface area contributed by atoms with Crippen LogP contribution in [0.25, 0.3) is 0 Å². The summed E-state index contributed by atoms with van der Waals surface area (Å²) < 4.78 is 17.2. The topological polar surface area (TPSA) is 44.8 Å². The maximum absolute atomic E-state index is 11.8. The maximum Gasteiger partial charge on any atom is 0.305 e. The minimum absolute atomic E-state index is 0.104. The first kappa shape index (κ1) is 27.9. The van der Waals surface area contributed by atoms with Gasteiger partial charge in [-0.15, -0.1) is 0 Å². The molecule has 0 aromatic rings. The lowest BCUT2D eigenvalue weighted by atomic mass is 10.2. The van der Waals surface area contributed by atoms with Gasteiger partial charge >= 0.3 is 5.97 Å². The standard InChI is InChI=1S/C23H45BrO4/c1-3-5-7-9-14-19-27-23(28-20-15-10-8-6-4-2)17-21-26-22(25)16-12-11-13-18-24/h23H,3-21H2,1-2H3. The summed E-state index contributed by atoms with van der Waals surface area (Å²) in [7, 11) is 0. The van der Waals surface area contributed by atoms with Gasteiger partial charge in [0, 0.05) is 31.4 Å². The van der Waals surface area contributed by atoms with Crippen molar-refractivity contribution in [3.8, 4) is 0 Å². The summed E-state index contributed by atoms with van der Waals surface area (Å²) in [4.78, 5) is 11.8. The van der Waals surface area contributed by atoms with Crippen LogP contribution in [0.5, 0.6) is 0 Å². The monoisotopic (exact) mass is 464 g/mol. The number of unbranched alkanes of at least 4 members (excludes halogenated alkanes) is 10. The van der Waals surface area contributed by atoms with Crippen LogP contribution in [-0.4, -0.2) is 37.4 Å². The molecule has 0 spiro atoms. The van der Waals surface area contributed by atoms with E-state index in [1.165, 1.54) is 51.4 Å². The zero-order valence-corrected chi connectivity index (χ0v) is 20.1. The molecule has 0 rings (SSSR count). The van der Waals surface area contributed by atoms with Crippen LogP contribution >= 0.6 is 15.9 Å². The Morgan fingerprint density at radius 2 is 1.25 bits per heavy atom. The number of carbonyl (C=O) groups excluding carboxylic acids is 1. The van der Waals surface area contributed by atoms with Gasteiger partial charge in [0.05, 0.1) is 6.61 Å². The van der Waals surface area contributed by atoms with Gasteiger partial charge in [-0.2, -0.15) is 0 Å². The molecule has 0 N–H and O–H groups in total. The fourth-order valence-electron chi connectivity index (χ4n) is 2.94. The zero-order chi connectivity index (χ0) is 20.7. The Morgan fingerprint density at radius 3 is 1.79 bits per heavy atom. The van der Waals surface area contributed by atoms with Crippen LogP contribution in [0.15, 0.2) is 0 Å². The van der Waals surface area contributed by atoms with E-state index in [-0.39, 0.29) is 12.3 Å². The predicted molar refractivity (Wildman–Crippen MR) is 121 cm³/mol. The first-order valence-corrected chi connectivity index (χ1v) is 12.8. The Bertz CT molecular complexity index is 310. The van der Waals surface area contributed by atoms with E-state index in [9.17, 15) is 4.79 Å². The summed E-state index contributed by atoms with van der Waals surface area (Å²) in [6, 6.07) is 0. The van der Waals surface area contributed by atoms with Crippen molar-refractivity contribution in [1.29, 1.82) is 0 Å². The summed E-state index contributed by atoms with van der Waals surface area (Å²) in [5, 5.41) is 0.995. The second kappa shape index (κ2) is 23.2. The highest BCUT2D eigenvalue weighted by molar-refractivity contribution is 9.09. The maximum atomic E-state index is 11.8. The summed E-state index contributed by atoms with van der Waals surface area (Å²) in [6.45, 7) is 6.29. The molecule has 0 radical (unpaired) electrons. The van der Waals surface area contributed by atoms with Crippen LogP contribution in [0.4, 0.5) is 0 Å². The second-order valence-corrected chi connectivity index (χ2v) is 8.30. The van der Waals surface area contributed by atoms with Gasteiger partial charge in [-0.1, -0.05) is 87.6 Å². The average molecular weight is 466 g/mol. The van der Waals surface area contributed by atoms with Crippen LogP contribution in [0.1, 0.15) is 110 Å². The van der Waals surface area contributed by atoms with Gasteiger partial charge in [-0.25, -0.2) is 0 Å². The molecule has 0 heterocycles. The molecule has 0 aliphatic rings. The van der Waals surface area contributed by atoms with Gasteiger partial charge in [0.15, 0.2) is 6.29 Å². The lowest BCUT2D eigenvalue weighted by Crippen LogP contribution is -2.22. The number of hydrogen-bond donors (Lipinski definition) is 0. The van der Waals surface area contributed by atoms with Gasteiger partial charge in [-0.3, -0.25) is 4.79 Å². The molecular weight excluding hydrogens is 420 g/mol. The van der Waals surface area contributed by atoms with Crippen molar-refractivity contribution in [2.75, 3.05) is 25.2 Å².